The van der Waals surface area contributed by atoms with Gasteiger partial charge in [-0.1, -0.05) is 55.8 Å². The topological polar surface area (TPSA) is 34.9 Å². The number of hydrogen-bond donors (Lipinski definition) is 0. The molecule has 0 aliphatic heterocycles. The quantitative estimate of drug-likeness (QED) is 0.690. The van der Waals surface area contributed by atoms with Gasteiger partial charge in [0.1, 0.15) is 5.82 Å². The van der Waals surface area contributed by atoms with Gasteiger partial charge in [0.05, 0.1) is 10.9 Å². The van der Waals surface area contributed by atoms with Crippen LogP contribution < -0.4 is 5.56 Å². The summed E-state index contributed by atoms with van der Waals surface area (Å²) >= 11 is 0. The molecule has 3 aromatic rings. The molecule has 0 saturated carbocycles. The van der Waals surface area contributed by atoms with Gasteiger partial charge in [0.25, 0.3) is 5.56 Å². The molecule has 0 N–H and O–H groups in total. The fraction of sp³-hybridized carbons (Fsp3) is 0.300. The number of unbranched alkanes of at least 4 members (excludes halogenated alkanes) is 1. The summed E-state index contributed by atoms with van der Waals surface area (Å²) in [4.78, 5) is 17.6. The van der Waals surface area contributed by atoms with Gasteiger partial charge in [-0.05, 0) is 30.5 Å². The zero-order chi connectivity index (χ0) is 16.1. The van der Waals surface area contributed by atoms with Crippen LogP contribution in [0.15, 0.2) is 59.4 Å². The van der Waals surface area contributed by atoms with Crippen molar-refractivity contribution in [3.8, 4) is 0 Å². The second kappa shape index (κ2) is 7.23. The minimum absolute atomic E-state index is 0.0811. The molecule has 1 aromatic heterocycles. The van der Waals surface area contributed by atoms with E-state index in [4.69, 9.17) is 4.98 Å². The van der Waals surface area contributed by atoms with Crippen molar-refractivity contribution in [3.63, 3.8) is 0 Å². The molecule has 3 heteroatoms. The van der Waals surface area contributed by atoms with E-state index in [-0.39, 0.29) is 5.56 Å². The first-order valence-corrected chi connectivity index (χ1v) is 8.32. The number of hydrogen-bond acceptors (Lipinski definition) is 2. The van der Waals surface area contributed by atoms with Crippen LogP contribution in [0, 0.1) is 0 Å². The van der Waals surface area contributed by atoms with Gasteiger partial charge in [0.15, 0.2) is 0 Å². The summed E-state index contributed by atoms with van der Waals surface area (Å²) in [6.07, 6.45) is 3.85. The summed E-state index contributed by atoms with van der Waals surface area (Å²) in [6.45, 7) is 2.84. The van der Waals surface area contributed by atoms with E-state index >= 15 is 0 Å². The molecular formula is C20H22N2O. The van der Waals surface area contributed by atoms with Crippen molar-refractivity contribution in [1.82, 2.24) is 9.55 Å². The average Bonchev–Trinajstić information content (AvgIpc) is 2.60. The van der Waals surface area contributed by atoms with Gasteiger partial charge >= 0.3 is 0 Å². The van der Waals surface area contributed by atoms with Crippen molar-refractivity contribution in [2.75, 3.05) is 0 Å². The van der Waals surface area contributed by atoms with Gasteiger partial charge in [-0.2, -0.15) is 0 Å². The van der Waals surface area contributed by atoms with Crippen LogP contribution in [0.4, 0.5) is 0 Å². The van der Waals surface area contributed by atoms with E-state index in [9.17, 15) is 4.79 Å². The largest absolute Gasteiger partial charge is 0.296 e. The first-order chi connectivity index (χ1) is 11.3. The minimum Gasteiger partial charge on any atom is -0.296 e. The predicted octanol–water partition coefficient (Wildman–Crippen LogP) is 3.98. The van der Waals surface area contributed by atoms with Crippen molar-refractivity contribution in [1.29, 1.82) is 0 Å². The summed E-state index contributed by atoms with van der Waals surface area (Å²) in [6, 6.07) is 17.9. The maximum Gasteiger partial charge on any atom is 0.261 e. The van der Waals surface area contributed by atoms with Crippen LogP contribution in [0.25, 0.3) is 10.9 Å². The highest BCUT2D eigenvalue weighted by molar-refractivity contribution is 5.77. The van der Waals surface area contributed by atoms with Crippen LogP contribution in [0.5, 0.6) is 0 Å². The molecule has 0 bridgehead atoms. The summed E-state index contributed by atoms with van der Waals surface area (Å²) in [5.41, 5.74) is 2.13. The molecule has 23 heavy (non-hydrogen) atoms. The molecule has 3 rings (SSSR count). The Hall–Kier alpha value is -2.42. The van der Waals surface area contributed by atoms with Crippen LogP contribution in [-0.2, 0) is 19.4 Å². The summed E-state index contributed by atoms with van der Waals surface area (Å²) in [5.74, 6) is 0.909. The molecule has 0 aliphatic rings. The van der Waals surface area contributed by atoms with Gasteiger partial charge in [-0.25, -0.2) is 4.98 Å². The van der Waals surface area contributed by atoms with Gasteiger partial charge < -0.3 is 0 Å². The maximum absolute atomic E-state index is 12.9. The third-order valence-electron chi connectivity index (χ3n) is 4.16. The minimum atomic E-state index is 0.0811. The second-order valence-electron chi connectivity index (χ2n) is 5.84. The van der Waals surface area contributed by atoms with Gasteiger partial charge in [0, 0.05) is 13.0 Å². The number of fused-ring (bicyclic) bond motifs is 1. The van der Waals surface area contributed by atoms with E-state index < -0.39 is 0 Å². The van der Waals surface area contributed by atoms with Crippen LogP contribution in [0.2, 0.25) is 0 Å². The smallest absolute Gasteiger partial charge is 0.261 e. The highest BCUT2D eigenvalue weighted by Crippen LogP contribution is 2.11. The first-order valence-electron chi connectivity index (χ1n) is 8.32. The fourth-order valence-corrected chi connectivity index (χ4v) is 2.86. The van der Waals surface area contributed by atoms with Crippen molar-refractivity contribution in [3.05, 3.63) is 76.3 Å². The molecule has 0 fully saturated rings. The number of rotatable bonds is 6. The molecule has 0 amide bonds. The zero-order valence-electron chi connectivity index (χ0n) is 13.5. The lowest BCUT2D eigenvalue weighted by Crippen LogP contribution is -2.26. The van der Waals surface area contributed by atoms with Crippen LogP contribution in [0.3, 0.4) is 0 Å². The molecule has 0 radical (unpaired) electrons. The molecule has 118 valence electrons. The Balaban J connectivity index is 1.98. The average molecular weight is 306 g/mol. The van der Waals surface area contributed by atoms with Gasteiger partial charge in [0.2, 0.25) is 0 Å². The molecule has 0 saturated heterocycles. The molecule has 3 nitrogen and oxygen atoms in total. The first kappa shape index (κ1) is 15.5. The third-order valence-corrected chi connectivity index (χ3v) is 4.16. The summed E-state index contributed by atoms with van der Waals surface area (Å²) in [5, 5.41) is 0.709. The van der Waals surface area contributed by atoms with Gasteiger partial charge in [-0.15, -0.1) is 0 Å². The normalized spacial score (nSPS) is 11.0. The highest BCUT2D eigenvalue weighted by Gasteiger charge is 2.10. The monoisotopic (exact) mass is 306 g/mol. The number of para-hydroxylation sites is 1. The molecule has 1 heterocycles. The Kier molecular flexibility index (Phi) is 4.86. The number of aromatic nitrogens is 2. The van der Waals surface area contributed by atoms with E-state index in [1.165, 1.54) is 5.56 Å². The molecule has 0 unspecified atom stereocenters. The summed E-state index contributed by atoms with van der Waals surface area (Å²) < 4.78 is 1.87. The van der Waals surface area contributed by atoms with E-state index in [1.54, 1.807) is 0 Å². The number of aryl methyl sites for hydroxylation is 2. The Bertz CT molecular complexity index is 837. The Morgan fingerprint density at radius 3 is 2.48 bits per heavy atom. The molecule has 0 spiro atoms. The third kappa shape index (κ3) is 3.50. The highest BCUT2D eigenvalue weighted by atomic mass is 16.1. The second-order valence-corrected chi connectivity index (χ2v) is 5.84. The lowest BCUT2D eigenvalue weighted by atomic mass is 10.1. The van der Waals surface area contributed by atoms with E-state index in [0.717, 1.165) is 37.0 Å². The zero-order valence-corrected chi connectivity index (χ0v) is 13.5. The van der Waals surface area contributed by atoms with Crippen LogP contribution in [0.1, 0.15) is 31.2 Å². The van der Waals surface area contributed by atoms with Crippen LogP contribution >= 0.6 is 0 Å². The molecule has 2 aromatic carbocycles. The lowest BCUT2D eigenvalue weighted by molar-refractivity contribution is 0.599. The SMILES string of the molecule is CCCCc1nc2ccccc2c(=O)n1CCc1ccccc1. The van der Waals surface area contributed by atoms with Gasteiger partial charge in [-0.3, -0.25) is 9.36 Å². The predicted molar refractivity (Wildman–Crippen MR) is 94.8 cm³/mol. The standard InChI is InChI=1S/C20H22N2O/c1-2-3-13-19-21-18-12-8-7-11-17(18)20(23)22(19)15-14-16-9-5-4-6-10-16/h4-12H,2-3,13-15H2,1H3. The maximum atomic E-state index is 12.9. The van der Waals surface area contributed by atoms with Crippen LogP contribution in [-0.4, -0.2) is 9.55 Å². The number of nitrogens with zero attached hydrogens (tertiary/aromatic N) is 2. The van der Waals surface area contributed by atoms with E-state index in [0.29, 0.717) is 11.9 Å². The van der Waals surface area contributed by atoms with Crippen molar-refractivity contribution >= 4 is 10.9 Å². The molecule has 0 atom stereocenters. The van der Waals surface area contributed by atoms with E-state index in [2.05, 4.69) is 19.1 Å². The molecular weight excluding hydrogens is 284 g/mol. The van der Waals surface area contributed by atoms with E-state index in [1.807, 2.05) is 47.0 Å². The fourth-order valence-electron chi connectivity index (χ4n) is 2.86. The van der Waals surface area contributed by atoms with Crippen molar-refractivity contribution in [2.24, 2.45) is 0 Å². The Morgan fingerprint density at radius 2 is 1.70 bits per heavy atom. The van der Waals surface area contributed by atoms with Crippen molar-refractivity contribution in [2.45, 2.75) is 39.2 Å². The Morgan fingerprint density at radius 1 is 0.957 bits per heavy atom. The lowest BCUT2D eigenvalue weighted by Gasteiger charge is -2.13. The number of benzene rings is 2. The van der Waals surface area contributed by atoms with Crippen molar-refractivity contribution < 1.29 is 0 Å². The Labute approximate surface area is 136 Å². The summed E-state index contributed by atoms with van der Waals surface area (Å²) in [7, 11) is 0. The molecule has 0 aliphatic carbocycles.